The van der Waals surface area contributed by atoms with Gasteiger partial charge in [-0.15, -0.1) is 0 Å². The zero-order chi connectivity index (χ0) is 10.4. The van der Waals surface area contributed by atoms with Crippen LogP contribution >= 0.6 is 0 Å². The summed E-state index contributed by atoms with van der Waals surface area (Å²) in [4.78, 5) is 10.7. The minimum absolute atomic E-state index is 0.0499. The molecule has 0 aliphatic heterocycles. The molecule has 3 N–H and O–H groups in total. The van der Waals surface area contributed by atoms with Gasteiger partial charge in [0.15, 0.2) is 0 Å². The summed E-state index contributed by atoms with van der Waals surface area (Å²) in [5, 5.41) is 2.71. The van der Waals surface area contributed by atoms with Gasteiger partial charge in [-0.2, -0.15) is 0 Å². The number of rotatable bonds is 4. The maximum Gasteiger partial charge on any atom is 0.221 e. The van der Waals surface area contributed by atoms with Crippen molar-refractivity contribution in [1.82, 2.24) is 10.9 Å². The average Bonchev–Trinajstić information content (AvgIpc) is 2.16. The van der Waals surface area contributed by atoms with E-state index >= 15 is 0 Å². The number of amides is 1. The minimum atomic E-state index is -0.0499. The number of benzene rings is 1. The lowest BCUT2D eigenvalue weighted by molar-refractivity contribution is -0.114. The van der Waals surface area contributed by atoms with E-state index < -0.39 is 0 Å². The van der Waals surface area contributed by atoms with Crippen molar-refractivity contribution in [3.8, 4) is 0 Å². The van der Waals surface area contributed by atoms with Crippen LogP contribution in [0.5, 0.6) is 0 Å². The van der Waals surface area contributed by atoms with Gasteiger partial charge in [-0.05, 0) is 24.7 Å². The van der Waals surface area contributed by atoms with E-state index in [1.54, 1.807) is 0 Å². The summed E-state index contributed by atoms with van der Waals surface area (Å²) in [7, 11) is 1.83. The molecule has 4 heteroatoms. The number of nitrogens with one attached hydrogen (secondary N) is 3. The lowest BCUT2D eigenvalue weighted by Crippen LogP contribution is -2.26. The highest BCUT2D eigenvalue weighted by molar-refractivity contribution is 5.88. The number of carbonyl (C=O) groups is 1. The van der Waals surface area contributed by atoms with Crippen LogP contribution in [0.3, 0.4) is 0 Å². The molecule has 0 atom stereocenters. The van der Waals surface area contributed by atoms with Gasteiger partial charge in [-0.1, -0.05) is 12.1 Å². The first-order valence-corrected chi connectivity index (χ1v) is 4.48. The molecule has 0 aliphatic carbocycles. The number of carbonyl (C=O) groups excluding carboxylic acids is 1. The fourth-order valence-corrected chi connectivity index (χ4v) is 1.10. The number of hydrogen-bond donors (Lipinski definition) is 3. The molecule has 1 rings (SSSR count). The fraction of sp³-hybridized carbons (Fsp3) is 0.300. The van der Waals surface area contributed by atoms with E-state index in [1.807, 2.05) is 31.3 Å². The second-order valence-corrected chi connectivity index (χ2v) is 2.98. The van der Waals surface area contributed by atoms with Gasteiger partial charge in [-0.3, -0.25) is 15.6 Å². The summed E-state index contributed by atoms with van der Waals surface area (Å²) >= 11 is 0. The van der Waals surface area contributed by atoms with Gasteiger partial charge < -0.3 is 5.32 Å². The predicted octanol–water partition coefficient (Wildman–Crippen LogP) is 0.869. The van der Waals surface area contributed by atoms with Crippen molar-refractivity contribution in [1.29, 1.82) is 0 Å². The van der Waals surface area contributed by atoms with Crippen molar-refractivity contribution in [2.24, 2.45) is 0 Å². The maximum absolute atomic E-state index is 10.7. The van der Waals surface area contributed by atoms with Crippen LogP contribution in [0, 0.1) is 0 Å². The maximum atomic E-state index is 10.7. The first-order chi connectivity index (χ1) is 6.72. The van der Waals surface area contributed by atoms with Crippen molar-refractivity contribution in [2.45, 2.75) is 13.5 Å². The first kappa shape index (κ1) is 10.7. The highest BCUT2D eigenvalue weighted by Crippen LogP contribution is 2.08. The Kier molecular flexibility index (Phi) is 4.10. The molecule has 0 bridgehead atoms. The summed E-state index contributed by atoms with van der Waals surface area (Å²) in [5.74, 6) is -0.0499. The second-order valence-electron chi connectivity index (χ2n) is 2.98. The highest BCUT2D eigenvalue weighted by Gasteiger charge is 1.95. The van der Waals surface area contributed by atoms with Crippen LogP contribution in [0.2, 0.25) is 0 Å². The van der Waals surface area contributed by atoms with Gasteiger partial charge in [0.2, 0.25) is 5.91 Å². The van der Waals surface area contributed by atoms with E-state index in [2.05, 4.69) is 16.2 Å². The van der Waals surface area contributed by atoms with Crippen LogP contribution in [0.1, 0.15) is 12.5 Å². The topological polar surface area (TPSA) is 53.2 Å². The zero-order valence-corrected chi connectivity index (χ0v) is 8.42. The second kappa shape index (κ2) is 5.36. The smallest absolute Gasteiger partial charge is 0.221 e. The third-order valence-corrected chi connectivity index (χ3v) is 1.74. The summed E-state index contributed by atoms with van der Waals surface area (Å²) in [5.41, 5.74) is 7.82. The van der Waals surface area contributed by atoms with E-state index in [1.165, 1.54) is 6.92 Å². The standard InChI is InChI=1S/C10H15N3O/c1-8(14)13-10-5-3-9(4-6-10)7-12-11-2/h3-6,11-12H,7H2,1-2H3,(H,13,14). The van der Waals surface area contributed by atoms with Crippen molar-refractivity contribution < 1.29 is 4.79 Å². The van der Waals surface area contributed by atoms with Gasteiger partial charge in [0.05, 0.1) is 0 Å². The monoisotopic (exact) mass is 193 g/mol. The fourth-order valence-electron chi connectivity index (χ4n) is 1.10. The van der Waals surface area contributed by atoms with Gasteiger partial charge in [0, 0.05) is 19.2 Å². The molecule has 0 aromatic heterocycles. The molecule has 0 fully saturated rings. The molecule has 0 saturated carbocycles. The van der Waals surface area contributed by atoms with Crippen LogP contribution in [0.25, 0.3) is 0 Å². The number of anilines is 1. The molecule has 0 heterocycles. The zero-order valence-electron chi connectivity index (χ0n) is 8.42. The Morgan fingerprint density at radius 3 is 2.43 bits per heavy atom. The Hall–Kier alpha value is -1.39. The Morgan fingerprint density at radius 2 is 1.93 bits per heavy atom. The van der Waals surface area contributed by atoms with E-state index in [4.69, 9.17) is 0 Å². The van der Waals surface area contributed by atoms with Crippen LogP contribution in [-0.4, -0.2) is 13.0 Å². The van der Waals surface area contributed by atoms with E-state index in [0.29, 0.717) is 0 Å². The Balaban J connectivity index is 2.54. The minimum Gasteiger partial charge on any atom is -0.326 e. The molecular weight excluding hydrogens is 178 g/mol. The Labute approximate surface area is 83.7 Å². The SMILES string of the molecule is CNNCc1ccc(NC(C)=O)cc1. The van der Waals surface area contributed by atoms with Gasteiger partial charge in [-0.25, -0.2) is 0 Å². The molecule has 0 unspecified atom stereocenters. The molecule has 0 aliphatic rings. The molecule has 76 valence electrons. The van der Waals surface area contributed by atoms with E-state index in [0.717, 1.165) is 17.8 Å². The van der Waals surface area contributed by atoms with Crippen LogP contribution in [0.15, 0.2) is 24.3 Å². The van der Waals surface area contributed by atoms with E-state index in [9.17, 15) is 4.79 Å². The van der Waals surface area contributed by atoms with Crippen molar-refractivity contribution in [3.63, 3.8) is 0 Å². The molecule has 0 radical (unpaired) electrons. The van der Waals surface area contributed by atoms with Crippen LogP contribution in [0.4, 0.5) is 5.69 Å². The van der Waals surface area contributed by atoms with Crippen LogP contribution in [-0.2, 0) is 11.3 Å². The molecular formula is C10H15N3O. The lowest BCUT2D eigenvalue weighted by atomic mass is 10.2. The third kappa shape index (κ3) is 3.55. The lowest BCUT2D eigenvalue weighted by Gasteiger charge is -2.05. The molecule has 1 aromatic rings. The quantitative estimate of drug-likeness (QED) is 0.622. The van der Waals surface area contributed by atoms with Gasteiger partial charge in [0.1, 0.15) is 0 Å². The summed E-state index contributed by atoms with van der Waals surface area (Å²) in [6.45, 7) is 2.26. The normalized spacial score (nSPS) is 9.86. The highest BCUT2D eigenvalue weighted by atomic mass is 16.1. The molecule has 0 spiro atoms. The largest absolute Gasteiger partial charge is 0.326 e. The van der Waals surface area contributed by atoms with Gasteiger partial charge in [0.25, 0.3) is 0 Å². The third-order valence-electron chi connectivity index (χ3n) is 1.74. The van der Waals surface area contributed by atoms with Crippen molar-refractivity contribution in [2.75, 3.05) is 12.4 Å². The molecule has 14 heavy (non-hydrogen) atoms. The van der Waals surface area contributed by atoms with Crippen molar-refractivity contribution in [3.05, 3.63) is 29.8 Å². The summed E-state index contributed by atoms with van der Waals surface area (Å²) in [6.07, 6.45) is 0. The Bertz CT molecular complexity index is 295. The first-order valence-electron chi connectivity index (χ1n) is 4.48. The molecule has 0 saturated heterocycles. The molecule has 1 aromatic carbocycles. The van der Waals surface area contributed by atoms with Gasteiger partial charge >= 0.3 is 0 Å². The number of hydrazine groups is 1. The summed E-state index contributed by atoms with van der Waals surface area (Å²) in [6, 6.07) is 7.70. The molecule has 1 amide bonds. The predicted molar refractivity (Wildman–Crippen MR) is 56.6 cm³/mol. The average molecular weight is 193 g/mol. The number of hydrogen-bond acceptors (Lipinski definition) is 3. The van der Waals surface area contributed by atoms with E-state index in [-0.39, 0.29) is 5.91 Å². The summed E-state index contributed by atoms with van der Waals surface area (Å²) < 4.78 is 0. The Morgan fingerprint density at radius 1 is 1.29 bits per heavy atom. The molecule has 4 nitrogen and oxygen atoms in total. The van der Waals surface area contributed by atoms with Crippen molar-refractivity contribution >= 4 is 11.6 Å². The van der Waals surface area contributed by atoms with Crippen LogP contribution < -0.4 is 16.2 Å².